The molecule has 0 aromatic heterocycles. The first-order valence-electron chi connectivity index (χ1n) is 9.54. The van der Waals surface area contributed by atoms with Gasteiger partial charge in [0.1, 0.15) is 0 Å². The zero-order valence-corrected chi connectivity index (χ0v) is 15.8. The van der Waals surface area contributed by atoms with Gasteiger partial charge in [-0.25, -0.2) is 0 Å². The molecule has 1 heterocycles. The van der Waals surface area contributed by atoms with Crippen molar-refractivity contribution in [3.8, 4) is 0 Å². The summed E-state index contributed by atoms with van der Waals surface area (Å²) < 4.78 is 4.62. The number of carbonyl (C=O) groups is 2. The molecule has 0 saturated carbocycles. The number of rotatable bonds is 12. The zero-order chi connectivity index (χ0) is 18.3. The molecule has 144 valence electrons. The summed E-state index contributed by atoms with van der Waals surface area (Å²) >= 11 is 0. The number of ether oxygens (including phenoxy) is 1. The predicted octanol–water partition coefficient (Wildman–Crippen LogP) is 1.68. The number of amides is 1. The van der Waals surface area contributed by atoms with Crippen LogP contribution in [0.5, 0.6) is 0 Å². The van der Waals surface area contributed by atoms with Gasteiger partial charge in [-0.1, -0.05) is 12.8 Å². The van der Waals surface area contributed by atoms with Crippen molar-refractivity contribution in [3.05, 3.63) is 0 Å². The SMILES string of the molecule is CCNC(=NCCCN1CCCC1=O)NCCCCCCC(=O)OC. The van der Waals surface area contributed by atoms with Crippen LogP contribution in [0.1, 0.15) is 58.3 Å². The molecule has 1 amide bonds. The summed E-state index contributed by atoms with van der Waals surface area (Å²) in [5, 5.41) is 6.58. The number of guanidine groups is 1. The van der Waals surface area contributed by atoms with Gasteiger partial charge in [0.15, 0.2) is 5.96 Å². The minimum atomic E-state index is -0.129. The van der Waals surface area contributed by atoms with Crippen LogP contribution < -0.4 is 10.6 Å². The highest BCUT2D eigenvalue weighted by atomic mass is 16.5. The zero-order valence-electron chi connectivity index (χ0n) is 15.8. The number of unbranched alkanes of at least 4 members (excludes halogenated alkanes) is 3. The van der Waals surface area contributed by atoms with Crippen molar-refractivity contribution >= 4 is 17.8 Å². The Morgan fingerprint density at radius 3 is 2.68 bits per heavy atom. The van der Waals surface area contributed by atoms with Gasteiger partial charge in [0, 0.05) is 45.6 Å². The Hall–Kier alpha value is -1.79. The molecule has 7 heteroatoms. The lowest BCUT2D eigenvalue weighted by Crippen LogP contribution is -2.38. The van der Waals surface area contributed by atoms with Gasteiger partial charge in [-0.15, -0.1) is 0 Å². The van der Waals surface area contributed by atoms with Crippen molar-refractivity contribution in [2.24, 2.45) is 4.99 Å². The van der Waals surface area contributed by atoms with Crippen LogP contribution in [0, 0.1) is 0 Å². The van der Waals surface area contributed by atoms with Gasteiger partial charge in [-0.2, -0.15) is 0 Å². The lowest BCUT2D eigenvalue weighted by molar-refractivity contribution is -0.140. The Morgan fingerprint density at radius 1 is 1.20 bits per heavy atom. The average Bonchev–Trinajstić information content (AvgIpc) is 3.02. The monoisotopic (exact) mass is 354 g/mol. The number of likely N-dealkylation sites (tertiary alicyclic amines) is 1. The van der Waals surface area contributed by atoms with E-state index >= 15 is 0 Å². The number of carbonyl (C=O) groups excluding carboxylic acids is 2. The minimum absolute atomic E-state index is 0.129. The summed E-state index contributed by atoms with van der Waals surface area (Å²) in [4.78, 5) is 29.1. The number of methoxy groups -OCH3 is 1. The van der Waals surface area contributed by atoms with Gasteiger partial charge < -0.3 is 20.3 Å². The van der Waals surface area contributed by atoms with E-state index in [1.807, 2.05) is 11.8 Å². The normalized spacial score (nSPS) is 14.7. The Bertz CT molecular complexity index is 427. The fraction of sp³-hybridized carbons (Fsp3) is 0.833. The summed E-state index contributed by atoms with van der Waals surface area (Å²) in [6, 6.07) is 0. The van der Waals surface area contributed by atoms with Crippen molar-refractivity contribution in [1.29, 1.82) is 0 Å². The first-order valence-corrected chi connectivity index (χ1v) is 9.54. The Labute approximate surface area is 151 Å². The highest BCUT2D eigenvalue weighted by molar-refractivity contribution is 5.79. The van der Waals surface area contributed by atoms with Crippen LogP contribution in [0.4, 0.5) is 0 Å². The predicted molar refractivity (Wildman–Crippen MR) is 99.5 cm³/mol. The second-order valence-corrected chi connectivity index (χ2v) is 6.27. The smallest absolute Gasteiger partial charge is 0.305 e. The summed E-state index contributed by atoms with van der Waals surface area (Å²) in [5.74, 6) is 0.987. The lowest BCUT2D eigenvalue weighted by Gasteiger charge is -2.15. The van der Waals surface area contributed by atoms with E-state index in [0.717, 1.165) is 77.2 Å². The molecule has 0 spiro atoms. The molecule has 7 nitrogen and oxygen atoms in total. The number of nitrogens with zero attached hydrogens (tertiary/aromatic N) is 2. The van der Waals surface area contributed by atoms with Gasteiger partial charge in [0.05, 0.1) is 7.11 Å². The summed E-state index contributed by atoms with van der Waals surface area (Å²) in [6.07, 6.45) is 7.15. The quantitative estimate of drug-likeness (QED) is 0.241. The van der Waals surface area contributed by atoms with E-state index in [1.165, 1.54) is 7.11 Å². The molecular formula is C18H34N4O3. The van der Waals surface area contributed by atoms with Crippen LogP contribution in [0.3, 0.4) is 0 Å². The molecule has 0 aromatic carbocycles. The number of aliphatic imine (C=N–C) groups is 1. The van der Waals surface area contributed by atoms with Crippen molar-refractivity contribution in [1.82, 2.24) is 15.5 Å². The van der Waals surface area contributed by atoms with E-state index < -0.39 is 0 Å². The maximum absolute atomic E-state index is 11.5. The van der Waals surface area contributed by atoms with E-state index in [-0.39, 0.29) is 11.9 Å². The van der Waals surface area contributed by atoms with Crippen molar-refractivity contribution in [2.75, 3.05) is 39.8 Å². The number of esters is 1. The Balaban J connectivity index is 2.09. The second kappa shape index (κ2) is 13.5. The van der Waals surface area contributed by atoms with E-state index in [2.05, 4.69) is 20.4 Å². The summed E-state index contributed by atoms with van der Waals surface area (Å²) in [6.45, 7) is 6.17. The van der Waals surface area contributed by atoms with E-state index in [0.29, 0.717) is 12.8 Å². The number of nitrogens with one attached hydrogen (secondary N) is 2. The topological polar surface area (TPSA) is 83.0 Å². The molecule has 1 rings (SSSR count). The van der Waals surface area contributed by atoms with Crippen molar-refractivity contribution in [3.63, 3.8) is 0 Å². The van der Waals surface area contributed by atoms with Gasteiger partial charge >= 0.3 is 5.97 Å². The highest BCUT2D eigenvalue weighted by Gasteiger charge is 2.18. The summed E-state index contributed by atoms with van der Waals surface area (Å²) in [7, 11) is 1.43. The average molecular weight is 354 g/mol. The third-order valence-electron chi connectivity index (χ3n) is 4.20. The fourth-order valence-electron chi connectivity index (χ4n) is 2.79. The maximum atomic E-state index is 11.5. The molecule has 0 aromatic rings. The molecule has 0 aliphatic carbocycles. The van der Waals surface area contributed by atoms with Crippen LogP contribution in [0.25, 0.3) is 0 Å². The number of hydrogen-bond acceptors (Lipinski definition) is 4. The second-order valence-electron chi connectivity index (χ2n) is 6.27. The van der Waals surface area contributed by atoms with Gasteiger partial charge in [0.25, 0.3) is 0 Å². The van der Waals surface area contributed by atoms with Crippen LogP contribution in [0.15, 0.2) is 4.99 Å². The van der Waals surface area contributed by atoms with E-state index in [4.69, 9.17) is 0 Å². The van der Waals surface area contributed by atoms with E-state index in [1.54, 1.807) is 0 Å². The van der Waals surface area contributed by atoms with Crippen molar-refractivity contribution < 1.29 is 14.3 Å². The molecule has 25 heavy (non-hydrogen) atoms. The first-order chi connectivity index (χ1) is 12.2. The molecule has 1 saturated heterocycles. The molecule has 0 radical (unpaired) electrons. The Morgan fingerprint density at radius 2 is 2.00 bits per heavy atom. The van der Waals surface area contributed by atoms with Crippen LogP contribution in [-0.4, -0.2) is 62.6 Å². The third kappa shape index (κ3) is 9.94. The molecule has 1 fully saturated rings. The van der Waals surface area contributed by atoms with E-state index in [9.17, 15) is 9.59 Å². The summed E-state index contributed by atoms with van der Waals surface area (Å²) in [5.41, 5.74) is 0. The molecule has 0 atom stereocenters. The van der Waals surface area contributed by atoms with Crippen LogP contribution in [-0.2, 0) is 14.3 Å². The number of hydrogen-bond donors (Lipinski definition) is 2. The minimum Gasteiger partial charge on any atom is -0.469 e. The van der Waals surface area contributed by atoms with Crippen LogP contribution in [0.2, 0.25) is 0 Å². The molecule has 2 N–H and O–H groups in total. The van der Waals surface area contributed by atoms with Crippen molar-refractivity contribution in [2.45, 2.75) is 58.3 Å². The maximum Gasteiger partial charge on any atom is 0.305 e. The van der Waals surface area contributed by atoms with Gasteiger partial charge in [-0.3, -0.25) is 14.6 Å². The fourth-order valence-corrected chi connectivity index (χ4v) is 2.79. The third-order valence-corrected chi connectivity index (χ3v) is 4.20. The molecule has 0 unspecified atom stereocenters. The molecular weight excluding hydrogens is 320 g/mol. The molecule has 1 aliphatic heterocycles. The highest BCUT2D eigenvalue weighted by Crippen LogP contribution is 2.09. The molecule has 1 aliphatic rings. The molecule has 0 bridgehead atoms. The van der Waals surface area contributed by atoms with Gasteiger partial charge in [0.2, 0.25) is 5.91 Å². The first kappa shape index (κ1) is 21.3. The van der Waals surface area contributed by atoms with Gasteiger partial charge in [-0.05, 0) is 32.6 Å². The standard InChI is InChI=1S/C18H34N4O3/c1-3-19-18(20-12-7-5-4-6-11-17(24)25-2)21-13-9-15-22-14-8-10-16(22)23/h3-15H2,1-2H3,(H2,19,20,21). The lowest BCUT2D eigenvalue weighted by atomic mass is 10.1. The largest absolute Gasteiger partial charge is 0.469 e. The van der Waals surface area contributed by atoms with Crippen LogP contribution >= 0.6 is 0 Å². The Kier molecular flexibility index (Phi) is 11.5.